The summed E-state index contributed by atoms with van der Waals surface area (Å²) in [6.45, 7) is 3.58. The zero-order valence-corrected chi connectivity index (χ0v) is 22.1. The zero-order chi connectivity index (χ0) is 26.3. The van der Waals surface area contributed by atoms with Crippen LogP contribution in [0.2, 0.25) is 5.02 Å². The van der Waals surface area contributed by atoms with E-state index < -0.39 is 22.5 Å². The molecule has 3 aromatic carbocycles. The van der Waals surface area contributed by atoms with Crippen molar-refractivity contribution in [3.05, 3.63) is 77.3 Å². The van der Waals surface area contributed by atoms with E-state index in [-0.39, 0.29) is 17.5 Å². The summed E-state index contributed by atoms with van der Waals surface area (Å²) in [6, 6.07) is 17.5. The number of benzene rings is 3. The standard InChI is InChI=1S/C26H29ClN2O6S/c1-18(2)35-24-14-5-19(15-25(24)34-4)16-28-26(30)17-29(21-8-6-20(27)7-9-21)36(31,32)23-12-10-22(33-3)11-13-23/h5-15,18H,16-17H2,1-4H3,(H,28,30). The molecule has 8 nitrogen and oxygen atoms in total. The molecule has 0 unspecified atom stereocenters. The topological polar surface area (TPSA) is 94.2 Å². The van der Waals surface area contributed by atoms with E-state index in [1.165, 1.54) is 19.2 Å². The Hall–Kier alpha value is -3.43. The quantitative estimate of drug-likeness (QED) is 0.386. The van der Waals surface area contributed by atoms with Crippen molar-refractivity contribution in [1.29, 1.82) is 0 Å². The first-order valence-electron chi connectivity index (χ1n) is 11.2. The van der Waals surface area contributed by atoms with Crippen LogP contribution in [0.1, 0.15) is 19.4 Å². The van der Waals surface area contributed by atoms with Gasteiger partial charge in [-0.2, -0.15) is 0 Å². The molecule has 10 heteroatoms. The number of ether oxygens (including phenoxy) is 3. The van der Waals surface area contributed by atoms with Gasteiger partial charge in [-0.1, -0.05) is 17.7 Å². The number of carbonyl (C=O) groups is 1. The van der Waals surface area contributed by atoms with Crippen LogP contribution in [0, 0.1) is 0 Å². The van der Waals surface area contributed by atoms with Gasteiger partial charge < -0.3 is 19.5 Å². The van der Waals surface area contributed by atoms with E-state index >= 15 is 0 Å². The van der Waals surface area contributed by atoms with Gasteiger partial charge in [0.15, 0.2) is 11.5 Å². The van der Waals surface area contributed by atoms with Gasteiger partial charge in [0.1, 0.15) is 12.3 Å². The van der Waals surface area contributed by atoms with E-state index in [9.17, 15) is 13.2 Å². The van der Waals surface area contributed by atoms with Gasteiger partial charge >= 0.3 is 0 Å². The van der Waals surface area contributed by atoms with Crippen LogP contribution >= 0.6 is 11.6 Å². The van der Waals surface area contributed by atoms with Crippen LogP contribution in [0.5, 0.6) is 17.2 Å². The number of methoxy groups -OCH3 is 2. The molecule has 36 heavy (non-hydrogen) atoms. The second kappa shape index (κ2) is 12.0. The maximum atomic E-state index is 13.5. The zero-order valence-electron chi connectivity index (χ0n) is 20.5. The fourth-order valence-corrected chi connectivity index (χ4v) is 4.90. The van der Waals surface area contributed by atoms with Gasteiger partial charge in [0.2, 0.25) is 5.91 Å². The van der Waals surface area contributed by atoms with E-state index in [1.54, 1.807) is 55.6 Å². The smallest absolute Gasteiger partial charge is 0.264 e. The number of amides is 1. The highest BCUT2D eigenvalue weighted by Crippen LogP contribution is 2.29. The Kier molecular flexibility index (Phi) is 9.06. The van der Waals surface area contributed by atoms with Gasteiger partial charge in [-0.3, -0.25) is 9.10 Å². The Morgan fingerprint density at radius 3 is 2.19 bits per heavy atom. The lowest BCUT2D eigenvalue weighted by Crippen LogP contribution is -2.40. The minimum atomic E-state index is -4.06. The van der Waals surface area contributed by atoms with Crippen LogP contribution in [-0.4, -0.2) is 41.2 Å². The van der Waals surface area contributed by atoms with Crippen molar-refractivity contribution in [3.8, 4) is 17.2 Å². The van der Waals surface area contributed by atoms with Gasteiger partial charge in [0.05, 0.1) is 30.9 Å². The molecule has 0 spiro atoms. The molecular formula is C26H29ClN2O6S. The molecule has 0 radical (unpaired) electrons. The Balaban J connectivity index is 1.80. The third-order valence-corrected chi connectivity index (χ3v) is 7.17. The van der Waals surface area contributed by atoms with Gasteiger partial charge in [-0.15, -0.1) is 0 Å². The number of anilines is 1. The SMILES string of the molecule is COc1ccc(S(=O)(=O)N(CC(=O)NCc2ccc(OC(C)C)c(OC)c2)c2ccc(Cl)cc2)cc1. The molecule has 192 valence electrons. The van der Waals surface area contributed by atoms with Crippen LogP contribution in [0.15, 0.2) is 71.6 Å². The molecule has 0 bridgehead atoms. The highest BCUT2D eigenvalue weighted by Gasteiger charge is 2.27. The Labute approximate surface area is 216 Å². The van der Waals surface area contributed by atoms with Gasteiger partial charge in [0, 0.05) is 11.6 Å². The van der Waals surface area contributed by atoms with Gasteiger partial charge in [-0.25, -0.2) is 8.42 Å². The number of nitrogens with one attached hydrogen (secondary N) is 1. The van der Waals surface area contributed by atoms with Crippen LogP contribution < -0.4 is 23.8 Å². The van der Waals surface area contributed by atoms with Crippen LogP contribution in [0.25, 0.3) is 0 Å². The third-order valence-electron chi connectivity index (χ3n) is 5.13. The second-order valence-electron chi connectivity index (χ2n) is 8.09. The lowest BCUT2D eigenvalue weighted by atomic mass is 10.2. The van der Waals surface area contributed by atoms with Gasteiger partial charge in [-0.05, 0) is 80.1 Å². The second-order valence-corrected chi connectivity index (χ2v) is 10.4. The molecule has 0 aliphatic heterocycles. The molecule has 0 aliphatic carbocycles. The maximum absolute atomic E-state index is 13.5. The van der Waals surface area contributed by atoms with E-state index in [2.05, 4.69) is 5.32 Å². The lowest BCUT2D eigenvalue weighted by Gasteiger charge is -2.24. The summed E-state index contributed by atoms with van der Waals surface area (Å²) >= 11 is 5.99. The first kappa shape index (κ1) is 27.2. The molecule has 0 saturated heterocycles. The number of hydrogen-bond acceptors (Lipinski definition) is 6. The number of halogens is 1. The van der Waals surface area contributed by atoms with Crippen molar-refractivity contribution < 1.29 is 27.4 Å². The Bertz CT molecular complexity index is 1280. The first-order chi connectivity index (χ1) is 17.1. The van der Waals surface area contributed by atoms with E-state index in [4.69, 9.17) is 25.8 Å². The summed E-state index contributed by atoms with van der Waals surface area (Å²) in [5, 5.41) is 3.22. The molecule has 3 aromatic rings. The number of nitrogens with zero attached hydrogens (tertiary/aromatic N) is 1. The van der Waals surface area contributed by atoms with Crippen molar-refractivity contribution in [1.82, 2.24) is 5.32 Å². The van der Waals surface area contributed by atoms with Crippen LogP contribution in [0.4, 0.5) is 5.69 Å². The summed E-state index contributed by atoms with van der Waals surface area (Å²) in [5.74, 6) is 1.18. The predicted octanol–water partition coefficient (Wildman–Crippen LogP) is 4.66. The molecule has 0 aromatic heterocycles. The van der Waals surface area contributed by atoms with E-state index in [1.807, 2.05) is 19.9 Å². The van der Waals surface area contributed by atoms with Gasteiger partial charge in [0.25, 0.3) is 10.0 Å². The van der Waals surface area contributed by atoms with E-state index in [0.717, 1.165) is 9.87 Å². The van der Waals surface area contributed by atoms with Crippen molar-refractivity contribution in [2.24, 2.45) is 0 Å². The third kappa shape index (κ3) is 6.83. The fraction of sp³-hybridized carbons (Fsp3) is 0.269. The van der Waals surface area contributed by atoms with Crippen molar-refractivity contribution in [3.63, 3.8) is 0 Å². The Morgan fingerprint density at radius 2 is 1.61 bits per heavy atom. The maximum Gasteiger partial charge on any atom is 0.264 e. The molecule has 0 aliphatic rings. The highest BCUT2D eigenvalue weighted by atomic mass is 35.5. The summed E-state index contributed by atoms with van der Waals surface area (Å²) in [5.41, 5.74) is 1.08. The summed E-state index contributed by atoms with van der Waals surface area (Å²) in [7, 11) is -1.03. The predicted molar refractivity (Wildman–Crippen MR) is 140 cm³/mol. The molecule has 0 heterocycles. The lowest BCUT2D eigenvalue weighted by molar-refractivity contribution is -0.119. The molecule has 3 rings (SSSR count). The minimum absolute atomic E-state index is 0.0176. The molecule has 0 fully saturated rings. The normalized spacial score (nSPS) is 11.2. The van der Waals surface area contributed by atoms with Crippen LogP contribution in [0.3, 0.4) is 0 Å². The average Bonchev–Trinajstić information content (AvgIpc) is 2.87. The molecule has 0 atom stereocenters. The largest absolute Gasteiger partial charge is 0.497 e. The number of sulfonamides is 1. The Morgan fingerprint density at radius 1 is 0.944 bits per heavy atom. The monoisotopic (exact) mass is 532 g/mol. The van der Waals surface area contributed by atoms with Crippen molar-refractivity contribution in [2.75, 3.05) is 25.1 Å². The number of rotatable bonds is 11. The number of carbonyl (C=O) groups excluding carboxylic acids is 1. The summed E-state index contributed by atoms with van der Waals surface area (Å²) < 4.78 is 44.2. The highest BCUT2D eigenvalue weighted by molar-refractivity contribution is 7.92. The van der Waals surface area contributed by atoms with Crippen LogP contribution in [-0.2, 0) is 21.4 Å². The molecular weight excluding hydrogens is 504 g/mol. The summed E-state index contributed by atoms with van der Waals surface area (Å²) in [4.78, 5) is 12.9. The first-order valence-corrected chi connectivity index (χ1v) is 13.0. The molecule has 1 N–H and O–H groups in total. The van der Waals surface area contributed by atoms with E-state index in [0.29, 0.717) is 28.0 Å². The van der Waals surface area contributed by atoms with Crippen molar-refractivity contribution in [2.45, 2.75) is 31.4 Å². The van der Waals surface area contributed by atoms with Crippen molar-refractivity contribution >= 4 is 33.2 Å². The fourth-order valence-electron chi connectivity index (χ4n) is 3.36. The molecule has 1 amide bonds. The minimum Gasteiger partial charge on any atom is -0.497 e. The summed E-state index contributed by atoms with van der Waals surface area (Å²) in [6.07, 6.45) is -0.0176. The molecule has 0 saturated carbocycles. The number of hydrogen-bond donors (Lipinski definition) is 1. The average molecular weight is 533 g/mol.